The summed E-state index contributed by atoms with van der Waals surface area (Å²) in [5.74, 6) is 2.74. The lowest BCUT2D eigenvalue weighted by molar-refractivity contribution is 0.627. The first kappa shape index (κ1) is 11.8. The summed E-state index contributed by atoms with van der Waals surface area (Å²) in [5, 5.41) is 3.46. The van der Waals surface area contributed by atoms with E-state index in [0.29, 0.717) is 17.9 Å². The third-order valence-corrected chi connectivity index (χ3v) is 4.04. The van der Waals surface area contributed by atoms with Gasteiger partial charge in [0.05, 0.1) is 0 Å². The van der Waals surface area contributed by atoms with Crippen molar-refractivity contribution in [3.05, 3.63) is 53.7 Å². The summed E-state index contributed by atoms with van der Waals surface area (Å²) < 4.78 is 12.9. The van der Waals surface area contributed by atoms with Gasteiger partial charge in [0.15, 0.2) is 0 Å². The van der Waals surface area contributed by atoms with Gasteiger partial charge < -0.3 is 5.32 Å². The normalized spacial score (nSPS) is 24.4. The zero-order chi connectivity index (χ0) is 13.5. The summed E-state index contributed by atoms with van der Waals surface area (Å²) in [5.41, 5.74) is 1.19. The van der Waals surface area contributed by atoms with Crippen molar-refractivity contribution >= 4 is 5.82 Å². The molecule has 0 saturated heterocycles. The number of anilines is 1. The number of hydrogen-bond acceptors (Lipinski definition) is 3. The molecule has 2 aliphatic rings. The summed E-state index contributed by atoms with van der Waals surface area (Å²) in [6.07, 6.45) is 5.34. The minimum absolute atomic E-state index is 0.177. The van der Waals surface area contributed by atoms with Gasteiger partial charge in [-0.05, 0) is 43.0 Å². The number of nitrogens with zero attached hydrogens (tertiary/aromatic N) is 2. The van der Waals surface area contributed by atoms with E-state index < -0.39 is 0 Å². The second kappa shape index (κ2) is 4.54. The summed E-state index contributed by atoms with van der Waals surface area (Å²) in [6.45, 7) is 0. The smallest absolute Gasteiger partial charge is 0.133 e. The average Bonchev–Trinajstić information content (AvgIpc) is 3.35. The molecule has 0 bridgehead atoms. The van der Waals surface area contributed by atoms with Crippen molar-refractivity contribution in [2.24, 2.45) is 0 Å². The molecule has 0 spiro atoms. The van der Waals surface area contributed by atoms with E-state index in [0.717, 1.165) is 18.1 Å². The number of aromatic nitrogens is 2. The maximum atomic E-state index is 12.9. The molecule has 2 atom stereocenters. The molecule has 2 aliphatic carbocycles. The second-order valence-electron chi connectivity index (χ2n) is 5.72. The number of halogens is 1. The standard InChI is InChI=1S/C16H16FN3/c17-12-5-3-10(4-6-12)13-9-14(13)19-15-7-8-18-16(20-15)11-1-2-11/h3-8,11,13-14H,1-2,9H2,(H,18,19,20)/t13-,14+/m0/s1. The Morgan fingerprint density at radius 2 is 1.90 bits per heavy atom. The van der Waals surface area contributed by atoms with Crippen LogP contribution in [0.15, 0.2) is 36.5 Å². The molecule has 0 radical (unpaired) electrons. The van der Waals surface area contributed by atoms with E-state index in [4.69, 9.17) is 0 Å². The van der Waals surface area contributed by atoms with Crippen LogP contribution >= 0.6 is 0 Å². The SMILES string of the molecule is Fc1ccc([C@@H]2C[C@H]2Nc2ccnc(C3CC3)n2)cc1. The fourth-order valence-electron chi connectivity index (χ4n) is 2.62. The van der Waals surface area contributed by atoms with Gasteiger partial charge in [-0.25, -0.2) is 14.4 Å². The van der Waals surface area contributed by atoms with E-state index in [-0.39, 0.29) is 5.82 Å². The highest BCUT2D eigenvalue weighted by Crippen LogP contribution is 2.43. The minimum Gasteiger partial charge on any atom is -0.367 e. The molecule has 1 aromatic heterocycles. The van der Waals surface area contributed by atoms with Crippen LogP contribution in [0.4, 0.5) is 10.2 Å². The van der Waals surface area contributed by atoms with Crippen LogP contribution in [0, 0.1) is 5.82 Å². The largest absolute Gasteiger partial charge is 0.367 e. The Labute approximate surface area is 117 Å². The van der Waals surface area contributed by atoms with Crippen LogP contribution in [-0.2, 0) is 0 Å². The summed E-state index contributed by atoms with van der Waals surface area (Å²) in [6, 6.07) is 9.13. The molecule has 1 N–H and O–H groups in total. The van der Waals surface area contributed by atoms with Crippen molar-refractivity contribution in [2.75, 3.05) is 5.32 Å². The van der Waals surface area contributed by atoms with Crippen molar-refractivity contribution in [1.29, 1.82) is 0 Å². The lowest BCUT2D eigenvalue weighted by atomic mass is 10.1. The first-order valence-electron chi connectivity index (χ1n) is 7.14. The van der Waals surface area contributed by atoms with Crippen LogP contribution in [0.3, 0.4) is 0 Å². The predicted molar refractivity (Wildman–Crippen MR) is 75.2 cm³/mol. The molecule has 2 fully saturated rings. The van der Waals surface area contributed by atoms with Gasteiger partial charge in [-0.2, -0.15) is 0 Å². The third-order valence-electron chi connectivity index (χ3n) is 4.04. The van der Waals surface area contributed by atoms with Gasteiger partial charge in [-0.1, -0.05) is 12.1 Å². The molecule has 0 amide bonds. The van der Waals surface area contributed by atoms with Crippen molar-refractivity contribution in [2.45, 2.75) is 37.1 Å². The lowest BCUT2D eigenvalue weighted by Gasteiger charge is -2.06. The monoisotopic (exact) mass is 269 g/mol. The highest BCUT2D eigenvalue weighted by atomic mass is 19.1. The van der Waals surface area contributed by atoms with Gasteiger partial charge in [0.1, 0.15) is 17.5 Å². The summed E-state index contributed by atoms with van der Waals surface area (Å²) in [7, 11) is 0. The Balaban J connectivity index is 1.43. The summed E-state index contributed by atoms with van der Waals surface area (Å²) >= 11 is 0. The van der Waals surface area contributed by atoms with Gasteiger partial charge in [0, 0.05) is 24.1 Å². The Hall–Kier alpha value is -1.97. The summed E-state index contributed by atoms with van der Waals surface area (Å²) in [4.78, 5) is 8.90. The van der Waals surface area contributed by atoms with Crippen LogP contribution < -0.4 is 5.32 Å². The van der Waals surface area contributed by atoms with Gasteiger partial charge >= 0.3 is 0 Å². The van der Waals surface area contributed by atoms with Gasteiger partial charge in [-0.3, -0.25) is 0 Å². The number of benzene rings is 1. The fraction of sp³-hybridized carbons (Fsp3) is 0.375. The molecular weight excluding hydrogens is 253 g/mol. The Bertz CT molecular complexity index is 622. The zero-order valence-electron chi connectivity index (χ0n) is 11.1. The van der Waals surface area contributed by atoms with Crippen LogP contribution in [0.25, 0.3) is 0 Å². The zero-order valence-corrected chi connectivity index (χ0v) is 11.1. The van der Waals surface area contributed by atoms with Gasteiger partial charge in [0.2, 0.25) is 0 Å². The molecule has 2 saturated carbocycles. The molecule has 4 heteroatoms. The molecule has 1 aromatic carbocycles. The minimum atomic E-state index is -0.177. The first-order valence-corrected chi connectivity index (χ1v) is 7.14. The van der Waals surface area contributed by atoms with E-state index >= 15 is 0 Å². The van der Waals surface area contributed by atoms with E-state index in [9.17, 15) is 4.39 Å². The number of rotatable bonds is 4. The molecular formula is C16H16FN3. The topological polar surface area (TPSA) is 37.8 Å². The maximum absolute atomic E-state index is 12.9. The molecule has 3 nitrogen and oxygen atoms in total. The van der Waals surface area contributed by atoms with E-state index in [1.807, 2.05) is 24.4 Å². The Morgan fingerprint density at radius 3 is 2.65 bits per heavy atom. The molecule has 2 aromatic rings. The van der Waals surface area contributed by atoms with Crippen molar-refractivity contribution in [1.82, 2.24) is 9.97 Å². The van der Waals surface area contributed by atoms with Crippen molar-refractivity contribution in [3.8, 4) is 0 Å². The lowest BCUT2D eigenvalue weighted by Crippen LogP contribution is -2.07. The molecule has 0 unspecified atom stereocenters. The molecule has 102 valence electrons. The van der Waals surface area contributed by atoms with E-state index in [1.54, 1.807) is 0 Å². The van der Waals surface area contributed by atoms with Crippen LogP contribution in [-0.4, -0.2) is 16.0 Å². The van der Waals surface area contributed by atoms with E-state index in [1.165, 1.54) is 30.5 Å². The van der Waals surface area contributed by atoms with Gasteiger partial charge in [0.25, 0.3) is 0 Å². The molecule has 4 rings (SSSR count). The van der Waals surface area contributed by atoms with E-state index in [2.05, 4.69) is 15.3 Å². The second-order valence-corrected chi connectivity index (χ2v) is 5.72. The molecule has 1 heterocycles. The van der Waals surface area contributed by atoms with Crippen LogP contribution in [0.1, 0.15) is 42.5 Å². The fourth-order valence-corrected chi connectivity index (χ4v) is 2.62. The average molecular weight is 269 g/mol. The highest BCUT2D eigenvalue weighted by molar-refractivity contribution is 5.41. The predicted octanol–water partition coefficient (Wildman–Crippen LogP) is 3.46. The first-order chi connectivity index (χ1) is 9.79. The maximum Gasteiger partial charge on any atom is 0.133 e. The highest BCUT2D eigenvalue weighted by Gasteiger charge is 2.38. The van der Waals surface area contributed by atoms with Crippen molar-refractivity contribution < 1.29 is 4.39 Å². The molecule has 20 heavy (non-hydrogen) atoms. The Morgan fingerprint density at radius 1 is 1.10 bits per heavy atom. The molecule has 0 aliphatic heterocycles. The van der Waals surface area contributed by atoms with Crippen molar-refractivity contribution in [3.63, 3.8) is 0 Å². The van der Waals surface area contributed by atoms with Crippen LogP contribution in [0.2, 0.25) is 0 Å². The quantitative estimate of drug-likeness (QED) is 0.923. The third kappa shape index (κ3) is 2.38. The number of hydrogen-bond donors (Lipinski definition) is 1. The number of nitrogens with one attached hydrogen (secondary N) is 1. The van der Waals surface area contributed by atoms with Gasteiger partial charge in [-0.15, -0.1) is 0 Å². The van der Waals surface area contributed by atoms with Crippen LogP contribution in [0.5, 0.6) is 0 Å². The Kier molecular flexibility index (Phi) is 2.69.